The largest absolute Gasteiger partial charge is 0.399 e. The molecule has 3 aromatic rings. The second-order valence-corrected chi connectivity index (χ2v) is 10.1. The van der Waals surface area contributed by atoms with E-state index in [9.17, 15) is 18.5 Å². The molecule has 10 heteroatoms. The molecule has 2 aromatic carbocycles. The number of thiazole rings is 1. The molecule has 0 fully saturated rings. The van der Waals surface area contributed by atoms with E-state index >= 15 is 0 Å². The minimum absolute atomic E-state index is 0.00861. The van der Waals surface area contributed by atoms with Crippen LogP contribution in [-0.2, 0) is 10.0 Å². The maximum absolute atomic E-state index is 12.9. The molecular weight excluding hydrogens is 412 g/mol. The Morgan fingerprint density at radius 3 is 2.38 bits per heavy atom. The van der Waals surface area contributed by atoms with Gasteiger partial charge in [-0.15, -0.1) is 11.3 Å². The van der Waals surface area contributed by atoms with Crippen molar-refractivity contribution in [2.45, 2.75) is 31.2 Å². The Morgan fingerprint density at radius 2 is 1.79 bits per heavy atom. The van der Waals surface area contributed by atoms with E-state index in [4.69, 9.17) is 5.73 Å². The van der Waals surface area contributed by atoms with Crippen LogP contribution in [-0.4, -0.2) is 23.9 Å². The highest BCUT2D eigenvalue weighted by molar-refractivity contribution is 7.89. The minimum Gasteiger partial charge on any atom is -0.399 e. The standard InChI is InChI=1S/C19H20N4O4S2/c1-19(2,3)22-29(26,27)17-10-13(20)6-9-15(17)16-11-21-18(28-16)12-4-7-14(8-5-12)23(24)25/h4-11,22H,20H2,1-3H3. The molecule has 0 unspecified atom stereocenters. The summed E-state index contributed by atoms with van der Waals surface area (Å²) in [5.41, 5.74) is 6.71. The molecule has 0 radical (unpaired) electrons. The van der Waals surface area contributed by atoms with Crippen LogP contribution in [0.5, 0.6) is 0 Å². The monoisotopic (exact) mass is 432 g/mol. The van der Waals surface area contributed by atoms with Crippen LogP contribution in [0.3, 0.4) is 0 Å². The fourth-order valence-electron chi connectivity index (χ4n) is 2.68. The number of anilines is 1. The third kappa shape index (κ3) is 4.78. The van der Waals surface area contributed by atoms with Crippen molar-refractivity contribution in [1.29, 1.82) is 0 Å². The van der Waals surface area contributed by atoms with E-state index in [1.165, 1.54) is 29.5 Å². The first-order valence-corrected chi connectivity index (χ1v) is 10.9. The first-order chi connectivity index (χ1) is 13.5. The topological polar surface area (TPSA) is 128 Å². The minimum atomic E-state index is -3.82. The number of benzene rings is 2. The zero-order valence-electron chi connectivity index (χ0n) is 16.0. The Balaban J connectivity index is 2.03. The van der Waals surface area contributed by atoms with Crippen molar-refractivity contribution in [2.75, 3.05) is 5.73 Å². The first-order valence-electron chi connectivity index (χ1n) is 8.61. The van der Waals surface area contributed by atoms with Crippen LogP contribution in [0, 0.1) is 10.1 Å². The molecule has 0 saturated heterocycles. The fourth-order valence-corrected chi connectivity index (χ4v) is 5.38. The van der Waals surface area contributed by atoms with Crippen molar-refractivity contribution in [3.05, 3.63) is 58.8 Å². The quantitative estimate of drug-likeness (QED) is 0.356. The third-order valence-electron chi connectivity index (χ3n) is 3.83. The van der Waals surface area contributed by atoms with Crippen LogP contribution >= 0.6 is 11.3 Å². The highest BCUT2D eigenvalue weighted by Crippen LogP contribution is 2.36. The molecule has 0 bridgehead atoms. The number of nitro benzene ring substituents is 1. The lowest BCUT2D eigenvalue weighted by Gasteiger charge is -2.21. The number of non-ortho nitro benzene ring substituents is 1. The van der Waals surface area contributed by atoms with E-state index in [-0.39, 0.29) is 10.6 Å². The number of hydrogen-bond donors (Lipinski definition) is 2. The van der Waals surface area contributed by atoms with Gasteiger partial charge in [0.15, 0.2) is 0 Å². The van der Waals surface area contributed by atoms with E-state index in [0.717, 1.165) is 0 Å². The number of hydrogen-bond acceptors (Lipinski definition) is 7. The van der Waals surface area contributed by atoms with E-state index in [1.54, 1.807) is 51.2 Å². The van der Waals surface area contributed by atoms with Gasteiger partial charge in [0, 0.05) is 40.7 Å². The number of nitrogens with two attached hydrogens (primary N) is 1. The number of nitrogens with one attached hydrogen (secondary N) is 1. The molecule has 1 aromatic heterocycles. The molecule has 0 saturated carbocycles. The highest BCUT2D eigenvalue weighted by atomic mass is 32.2. The highest BCUT2D eigenvalue weighted by Gasteiger charge is 2.26. The van der Waals surface area contributed by atoms with Crippen molar-refractivity contribution in [1.82, 2.24) is 9.71 Å². The van der Waals surface area contributed by atoms with Gasteiger partial charge in [-0.3, -0.25) is 10.1 Å². The van der Waals surface area contributed by atoms with Gasteiger partial charge < -0.3 is 5.73 Å². The Labute approximate surface area is 172 Å². The average Bonchev–Trinajstić information content (AvgIpc) is 3.09. The van der Waals surface area contributed by atoms with E-state index in [0.29, 0.717) is 26.7 Å². The predicted octanol–water partition coefficient (Wildman–Crippen LogP) is 4.04. The van der Waals surface area contributed by atoms with Crippen molar-refractivity contribution >= 4 is 32.7 Å². The van der Waals surface area contributed by atoms with Crippen LogP contribution < -0.4 is 10.5 Å². The number of nitrogens with zero attached hydrogens (tertiary/aromatic N) is 2. The van der Waals surface area contributed by atoms with Gasteiger partial charge in [-0.2, -0.15) is 0 Å². The summed E-state index contributed by atoms with van der Waals surface area (Å²) in [6, 6.07) is 10.8. The summed E-state index contributed by atoms with van der Waals surface area (Å²) in [6.45, 7) is 5.28. The van der Waals surface area contributed by atoms with Crippen LogP contribution in [0.25, 0.3) is 21.0 Å². The second kappa shape index (κ2) is 7.54. The molecule has 0 aliphatic rings. The van der Waals surface area contributed by atoms with Crippen LogP contribution in [0.4, 0.5) is 11.4 Å². The number of rotatable bonds is 5. The van der Waals surface area contributed by atoms with E-state index in [2.05, 4.69) is 9.71 Å². The van der Waals surface area contributed by atoms with Gasteiger partial charge in [-0.1, -0.05) is 6.07 Å². The number of aromatic nitrogens is 1. The number of nitrogen functional groups attached to an aromatic ring is 1. The Bertz CT molecular complexity index is 1160. The second-order valence-electron chi connectivity index (χ2n) is 7.44. The number of sulfonamides is 1. The van der Waals surface area contributed by atoms with E-state index < -0.39 is 20.5 Å². The summed E-state index contributed by atoms with van der Waals surface area (Å²) < 4.78 is 28.5. The summed E-state index contributed by atoms with van der Waals surface area (Å²) in [4.78, 5) is 15.4. The molecule has 3 N–H and O–H groups in total. The molecule has 29 heavy (non-hydrogen) atoms. The molecule has 8 nitrogen and oxygen atoms in total. The molecule has 0 aliphatic heterocycles. The van der Waals surface area contributed by atoms with Crippen molar-refractivity contribution in [3.8, 4) is 21.0 Å². The summed E-state index contributed by atoms with van der Waals surface area (Å²) in [7, 11) is -3.82. The van der Waals surface area contributed by atoms with Gasteiger partial charge in [0.1, 0.15) is 5.01 Å². The molecule has 3 rings (SSSR count). The lowest BCUT2D eigenvalue weighted by atomic mass is 10.1. The summed E-state index contributed by atoms with van der Waals surface area (Å²) >= 11 is 1.29. The fraction of sp³-hybridized carbons (Fsp3) is 0.211. The number of nitro groups is 1. The lowest BCUT2D eigenvalue weighted by Crippen LogP contribution is -2.40. The predicted molar refractivity (Wildman–Crippen MR) is 114 cm³/mol. The van der Waals surface area contributed by atoms with Gasteiger partial charge in [0.25, 0.3) is 5.69 Å². The maximum atomic E-state index is 12.9. The summed E-state index contributed by atoms with van der Waals surface area (Å²) in [5.74, 6) is 0. The van der Waals surface area contributed by atoms with Gasteiger partial charge in [-0.25, -0.2) is 18.1 Å². The Kier molecular flexibility index (Phi) is 5.44. The Morgan fingerprint density at radius 1 is 1.14 bits per heavy atom. The van der Waals surface area contributed by atoms with Gasteiger partial charge in [0.05, 0.1) is 14.7 Å². The molecule has 0 amide bonds. The van der Waals surface area contributed by atoms with Gasteiger partial charge in [0.2, 0.25) is 10.0 Å². The SMILES string of the molecule is CC(C)(C)NS(=O)(=O)c1cc(N)ccc1-c1cnc(-c2ccc([N+](=O)[O-])cc2)s1. The molecule has 0 atom stereocenters. The smallest absolute Gasteiger partial charge is 0.269 e. The zero-order chi connectivity index (χ0) is 21.4. The van der Waals surface area contributed by atoms with Crippen molar-refractivity contribution < 1.29 is 13.3 Å². The zero-order valence-corrected chi connectivity index (χ0v) is 17.7. The summed E-state index contributed by atoms with van der Waals surface area (Å²) in [6.07, 6.45) is 1.59. The molecule has 1 heterocycles. The van der Waals surface area contributed by atoms with Crippen molar-refractivity contribution in [3.63, 3.8) is 0 Å². The summed E-state index contributed by atoms with van der Waals surface area (Å²) in [5, 5.41) is 11.4. The molecule has 152 valence electrons. The van der Waals surface area contributed by atoms with Gasteiger partial charge >= 0.3 is 0 Å². The third-order valence-corrected chi connectivity index (χ3v) is 6.71. The Hall–Kier alpha value is -2.82. The van der Waals surface area contributed by atoms with Crippen LogP contribution in [0.2, 0.25) is 0 Å². The maximum Gasteiger partial charge on any atom is 0.269 e. The van der Waals surface area contributed by atoms with Crippen molar-refractivity contribution in [2.24, 2.45) is 0 Å². The van der Waals surface area contributed by atoms with Crippen LogP contribution in [0.15, 0.2) is 53.6 Å². The normalized spacial score (nSPS) is 12.1. The van der Waals surface area contributed by atoms with E-state index in [1.807, 2.05) is 0 Å². The average molecular weight is 433 g/mol. The molecule has 0 spiro atoms. The molecule has 0 aliphatic carbocycles. The first kappa shape index (κ1) is 20.9. The molecular formula is C19H20N4O4S2. The lowest BCUT2D eigenvalue weighted by molar-refractivity contribution is -0.384. The van der Waals surface area contributed by atoms with Crippen LogP contribution in [0.1, 0.15) is 20.8 Å². The van der Waals surface area contributed by atoms with Gasteiger partial charge in [-0.05, 0) is 45.0 Å².